The molecule has 28 heavy (non-hydrogen) atoms. The molecule has 0 N–H and O–H groups in total. The minimum atomic E-state index is 0.0194. The first kappa shape index (κ1) is 20.5. The topological polar surface area (TPSA) is 18.5 Å². The average Bonchev–Trinajstić information content (AvgIpc) is 2.68. The molecule has 3 aromatic rings. The smallest absolute Gasteiger partial charge is 0.135 e. The van der Waals surface area contributed by atoms with Crippen LogP contribution in [0.5, 0.6) is 11.5 Å². The highest BCUT2D eigenvalue weighted by molar-refractivity contribution is 6.12. The Hall–Kier alpha value is -2.22. The minimum Gasteiger partial charge on any atom is -0.492 e. The summed E-state index contributed by atoms with van der Waals surface area (Å²) in [5.74, 6) is 2.00. The van der Waals surface area contributed by atoms with Crippen LogP contribution in [0, 0.1) is 0 Å². The first-order chi connectivity index (χ1) is 13.5. The van der Waals surface area contributed by atoms with Crippen LogP contribution in [0.3, 0.4) is 0 Å². The summed E-state index contributed by atoms with van der Waals surface area (Å²) in [4.78, 5) is 0. The molecule has 0 spiro atoms. The fourth-order valence-electron chi connectivity index (χ4n) is 3.71. The molecular formula is C26H34O2. The van der Waals surface area contributed by atoms with Gasteiger partial charge in [0.15, 0.2) is 0 Å². The molecule has 0 saturated carbocycles. The number of rotatable bonds is 8. The molecule has 0 radical (unpaired) electrons. The molecule has 0 unspecified atom stereocenters. The van der Waals surface area contributed by atoms with Gasteiger partial charge in [0.05, 0.1) is 13.2 Å². The summed E-state index contributed by atoms with van der Waals surface area (Å²) < 4.78 is 12.8. The number of ether oxygens (including phenoxy) is 2. The third-order valence-corrected chi connectivity index (χ3v) is 5.25. The number of fused-ring (bicyclic) bond motifs is 2. The Bertz CT molecular complexity index is 934. The quantitative estimate of drug-likeness (QED) is 0.296. The van der Waals surface area contributed by atoms with Crippen LogP contribution >= 0.6 is 0 Å². The third kappa shape index (κ3) is 4.11. The van der Waals surface area contributed by atoms with E-state index in [9.17, 15) is 0 Å². The maximum Gasteiger partial charge on any atom is 0.135 e. The van der Waals surface area contributed by atoms with E-state index in [2.05, 4.69) is 77.1 Å². The average molecular weight is 379 g/mol. The van der Waals surface area contributed by atoms with Crippen LogP contribution in [-0.4, -0.2) is 13.2 Å². The lowest BCUT2D eigenvalue weighted by Gasteiger charge is -2.25. The van der Waals surface area contributed by atoms with Crippen molar-refractivity contribution in [3.05, 3.63) is 48.0 Å². The molecule has 0 atom stereocenters. The Morgan fingerprint density at radius 2 is 1.21 bits per heavy atom. The van der Waals surface area contributed by atoms with Gasteiger partial charge < -0.3 is 9.47 Å². The first-order valence-electron chi connectivity index (χ1n) is 10.7. The van der Waals surface area contributed by atoms with Crippen molar-refractivity contribution < 1.29 is 9.47 Å². The predicted molar refractivity (Wildman–Crippen MR) is 121 cm³/mol. The third-order valence-electron chi connectivity index (χ3n) is 5.25. The lowest BCUT2D eigenvalue weighted by molar-refractivity contribution is 0.311. The van der Waals surface area contributed by atoms with Crippen molar-refractivity contribution in [1.82, 2.24) is 0 Å². The van der Waals surface area contributed by atoms with Crippen LogP contribution in [0.4, 0.5) is 0 Å². The van der Waals surface area contributed by atoms with Crippen LogP contribution in [0.1, 0.15) is 65.9 Å². The summed E-state index contributed by atoms with van der Waals surface area (Å²) in [6.07, 6.45) is 4.37. The molecule has 0 heterocycles. The molecule has 0 aromatic heterocycles. The zero-order chi connectivity index (χ0) is 20.1. The van der Waals surface area contributed by atoms with E-state index in [1.54, 1.807) is 0 Å². The highest BCUT2D eigenvalue weighted by Gasteiger charge is 2.24. The molecule has 0 fully saturated rings. The Morgan fingerprint density at radius 1 is 0.679 bits per heavy atom. The second kappa shape index (κ2) is 8.86. The molecule has 0 amide bonds. The zero-order valence-corrected chi connectivity index (χ0v) is 18.1. The standard InChI is InChI=1S/C26H34O2/c1-6-8-17-27-24-19-13-10-11-14-20(19)25(28-18-9-7-2)23-21(24)15-12-16-22(23)26(3,4)5/h10-16H,6-9,17-18H2,1-5H3. The highest BCUT2D eigenvalue weighted by atomic mass is 16.5. The summed E-state index contributed by atoms with van der Waals surface area (Å²) in [6.45, 7) is 12.7. The maximum atomic E-state index is 6.43. The van der Waals surface area contributed by atoms with E-state index >= 15 is 0 Å². The van der Waals surface area contributed by atoms with Gasteiger partial charge in [0, 0.05) is 21.5 Å². The van der Waals surface area contributed by atoms with Crippen LogP contribution < -0.4 is 9.47 Å². The van der Waals surface area contributed by atoms with Crippen molar-refractivity contribution in [3.63, 3.8) is 0 Å². The van der Waals surface area contributed by atoms with Crippen molar-refractivity contribution in [1.29, 1.82) is 0 Å². The van der Waals surface area contributed by atoms with Gasteiger partial charge in [-0.05, 0) is 23.8 Å². The first-order valence-corrected chi connectivity index (χ1v) is 10.7. The number of hydrogen-bond donors (Lipinski definition) is 0. The van der Waals surface area contributed by atoms with E-state index in [1.165, 1.54) is 10.9 Å². The van der Waals surface area contributed by atoms with Gasteiger partial charge in [-0.2, -0.15) is 0 Å². The van der Waals surface area contributed by atoms with Crippen molar-refractivity contribution in [2.75, 3.05) is 13.2 Å². The van der Waals surface area contributed by atoms with Crippen molar-refractivity contribution in [2.45, 2.75) is 65.7 Å². The lowest BCUT2D eigenvalue weighted by atomic mass is 9.82. The predicted octanol–water partition coefficient (Wildman–Crippen LogP) is 7.65. The molecular weight excluding hydrogens is 344 g/mol. The Balaban J connectivity index is 2.34. The SMILES string of the molecule is CCCCOc1c2ccccc2c(OCCCC)c2c(C(C)(C)C)cccc12. The van der Waals surface area contributed by atoms with Gasteiger partial charge >= 0.3 is 0 Å². The van der Waals surface area contributed by atoms with Crippen LogP contribution in [0.25, 0.3) is 21.5 Å². The van der Waals surface area contributed by atoms with Crippen molar-refractivity contribution >= 4 is 21.5 Å². The van der Waals surface area contributed by atoms with E-state index < -0.39 is 0 Å². The molecule has 0 bridgehead atoms. The molecule has 3 rings (SSSR count). The van der Waals surface area contributed by atoms with E-state index in [-0.39, 0.29) is 5.41 Å². The number of hydrogen-bond acceptors (Lipinski definition) is 2. The lowest BCUT2D eigenvalue weighted by Crippen LogP contribution is -2.13. The summed E-state index contributed by atoms with van der Waals surface area (Å²) >= 11 is 0. The fourth-order valence-corrected chi connectivity index (χ4v) is 3.71. The van der Waals surface area contributed by atoms with Crippen LogP contribution in [0.15, 0.2) is 42.5 Å². The van der Waals surface area contributed by atoms with Gasteiger partial charge in [0.1, 0.15) is 11.5 Å². The van der Waals surface area contributed by atoms with Crippen LogP contribution in [0.2, 0.25) is 0 Å². The minimum absolute atomic E-state index is 0.0194. The summed E-state index contributed by atoms with van der Waals surface area (Å²) in [5.41, 5.74) is 1.33. The van der Waals surface area contributed by atoms with Gasteiger partial charge in [0.2, 0.25) is 0 Å². The molecule has 150 valence electrons. The summed E-state index contributed by atoms with van der Waals surface area (Å²) in [6, 6.07) is 15.1. The Kier molecular flexibility index (Phi) is 6.49. The summed E-state index contributed by atoms with van der Waals surface area (Å²) in [7, 11) is 0. The molecule has 0 saturated heterocycles. The molecule has 2 nitrogen and oxygen atoms in total. The number of benzene rings is 3. The molecule has 0 aliphatic carbocycles. The van der Waals surface area contributed by atoms with Crippen LogP contribution in [-0.2, 0) is 5.41 Å². The van der Waals surface area contributed by atoms with E-state index in [0.29, 0.717) is 0 Å². The molecule has 0 aliphatic rings. The monoisotopic (exact) mass is 378 g/mol. The molecule has 3 aromatic carbocycles. The van der Waals surface area contributed by atoms with Gasteiger partial charge in [-0.3, -0.25) is 0 Å². The van der Waals surface area contributed by atoms with Gasteiger partial charge in [0.25, 0.3) is 0 Å². The van der Waals surface area contributed by atoms with Crippen molar-refractivity contribution in [2.24, 2.45) is 0 Å². The second-order valence-corrected chi connectivity index (χ2v) is 8.59. The van der Waals surface area contributed by atoms with Crippen molar-refractivity contribution in [3.8, 4) is 11.5 Å². The highest BCUT2D eigenvalue weighted by Crippen LogP contribution is 2.46. The summed E-state index contributed by atoms with van der Waals surface area (Å²) in [5, 5.41) is 4.66. The Labute approximate surface area is 169 Å². The Morgan fingerprint density at radius 3 is 1.79 bits per heavy atom. The largest absolute Gasteiger partial charge is 0.492 e. The van der Waals surface area contributed by atoms with E-state index in [1.807, 2.05) is 0 Å². The normalized spacial score (nSPS) is 11.9. The maximum absolute atomic E-state index is 6.43. The molecule has 2 heteroatoms. The fraction of sp³-hybridized carbons (Fsp3) is 0.462. The van der Waals surface area contributed by atoms with Gasteiger partial charge in [-0.25, -0.2) is 0 Å². The zero-order valence-electron chi connectivity index (χ0n) is 18.1. The molecule has 0 aliphatic heterocycles. The van der Waals surface area contributed by atoms with E-state index in [4.69, 9.17) is 9.47 Å². The second-order valence-electron chi connectivity index (χ2n) is 8.59. The van der Waals surface area contributed by atoms with E-state index in [0.717, 1.165) is 66.6 Å². The number of unbranched alkanes of at least 4 members (excludes halogenated alkanes) is 2. The van der Waals surface area contributed by atoms with Gasteiger partial charge in [-0.1, -0.05) is 89.9 Å². The van der Waals surface area contributed by atoms with Gasteiger partial charge in [-0.15, -0.1) is 0 Å².